The van der Waals surface area contributed by atoms with Gasteiger partial charge in [0.2, 0.25) is 0 Å². The van der Waals surface area contributed by atoms with E-state index in [1.165, 1.54) is 6.42 Å². The van der Waals surface area contributed by atoms with Crippen LogP contribution in [0.5, 0.6) is 0 Å². The van der Waals surface area contributed by atoms with E-state index in [1.54, 1.807) is 0 Å². The van der Waals surface area contributed by atoms with Gasteiger partial charge in [0.1, 0.15) is 0 Å². The summed E-state index contributed by atoms with van der Waals surface area (Å²) in [6, 6.07) is 0.115. The van der Waals surface area contributed by atoms with Crippen molar-refractivity contribution in [1.29, 1.82) is 0 Å². The summed E-state index contributed by atoms with van der Waals surface area (Å²) >= 11 is 0. The van der Waals surface area contributed by atoms with E-state index < -0.39 is 0 Å². The van der Waals surface area contributed by atoms with Crippen LogP contribution in [0.15, 0.2) is 0 Å². The van der Waals surface area contributed by atoms with E-state index in [4.69, 9.17) is 5.73 Å². The molecule has 0 spiro atoms. The number of nitrogens with one attached hydrogen (secondary N) is 1. The van der Waals surface area contributed by atoms with Gasteiger partial charge < -0.3 is 16.0 Å². The van der Waals surface area contributed by atoms with E-state index in [9.17, 15) is 4.79 Å². The summed E-state index contributed by atoms with van der Waals surface area (Å²) in [7, 11) is 0. The van der Waals surface area contributed by atoms with Gasteiger partial charge in [0, 0.05) is 25.7 Å². The average Bonchev–Trinajstić information content (AvgIpc) is 2.49. The fraction of sp³-hybridized carbons (Fsp3) is 0.875. The Morgan fingerprint density at radius 2 is 2.33 bits per heavy atom. The summed E-state index contributed by atoms with van der Waals surface area (Å²) in [5.41, 5.74) is 5.28. The minimum Gasteiger partial charge on any atom is -0.351 e. The van der Waals surface area contributed by atoms with Crippen molar-refractivity contribution >= 4 is 6.03 Å². The van der Waals surface area contributed by atoms with Crippen molar-refractivity contribution in [3.05, 3.63) is 0 Å². The summed E-state index contributed by atoms with van der Waals surface area (Å²) in [4.78, 5) is 12.8. The van der Waals surface area contributed by atoms with E-state index in [0.717, 1.165) is 26.1 Å². The van der Waals surface area contributed by atoms with Gasteiger partial charge in [-0.05, 0) is 18.8 Å². The summed E-state index contributed by atoms with van der Waals surface area (Å²) in [5.74, 6) is 0.645. The van der Waals surface area contributed by atoms with Gasteiger partial charge in [-0.15, -0.1) is 0 Å². The molecule has 68 valence electrons. The second-order valence-electron chi connectivity index (χ2n) is 3.66. The fourth-order valence-corrected chi connectivity index (χ4v) is 2.34. The second kappa shape index (κ2) is 2.94. The largest absolute Gasteiger partial charge is 0.351 e. The predicted molar refractivity (Wildman–Crippen MR) is 45.7 cm³/mol. The first-order valence-electron chi connectivity index (χ1n) is 4.56. The number of hydrogen-bond donors (Lipinski definition) is 2. The summed E-state index contributed by atoms with van der Waals surface area (Å²) in [5, 5.41) is 3.30. The molecule has 4 nitrogen and oxygen atoms in total. The Labute approximate surface area is 72.1 Å². The van der Waals surface area contributed by atoms with Crippen molar-refractivity contribution < 1.29 is 4.79 Å². The third kappa shape index (κ3) is 1.16. The van der Waals surface area contributed by atoms with E-state index in [-0.39, 0.29) is 6.03 Å². The summed E-state index contributed by atoms with van der Waals surface area (Å²) in [6.45, 7) is 2.82. The third-order valence-corrected chi connectivity index (χ3v) is 2.96. The monoisotopic (exact) mass is 169 g/mol. The molecule has 4 heteroatoms. The van der Waals surface area contributed by atoms with Gasteiger partial charge in [-0.1, -0.05) is 0 Å². The van der Waals surface area contributed by atoms with Crippen LogP contribution in [0.2, 0.25) is 0 Å². The lowest BCUT2D eigenvalue weighted by molar-refractivity contribution is 0.144. The summed E-state index contributed by atoms with van der Waals surface area (Å²) < 4.78 is 0. The van der Waals surface area contributed by atoms with E-state index in [2.05, 4.69) is 5.32 Å². The molecule has 12 heavy (non-hydrogen) atoms. The van der Waals surface area contributed by atoms with Crippen molar-refractivity contribution in [3.63, 3.8) is 0 Å². The molecule has 0 aromatic rings. The molecule has 2 aliphatic heterocycles. The number of nitrogens with two attached hydrogens (primary N) is 1. The number of urea groups is 1. The molecule has 3 N–H and O–H groups in total. The zero-order valence-corrected chi connectivity index (χ0v) is 7.12. The smallest absolute Gasteiger partial charge is 0.315 e. The molecule has 0 bridgehead atoms. The minimum atomic E-state index is -0.256. The van der Waals surface area contributed by atoms with Gasteiger partial charge in [0.25, 0.3) is 0 Å². The van der Waals surface area contributed by atoms with Crippen molar-refractivity contribution in [3.8, 4) is 0 Å². The lowest BCUT2D eigenvalue weighted by atomic mass is 9.92. The number of hydrogen-bond acceptors (Lipinski definition) is 2. The van der Waals surface area contributed by atoms with Crippen molar-refractivity contribution in [1.82, 2.24) is 10.2 Å². The molecule has 0 saturated carbocycles. The average molecular weight is 169 g/mol. The molecule has 2 amide bonds. The first kappa shape index (κ1) is 7.86. The lowest BCUT2D eigenvalue weighted by Crippen LogP contribution is -2.50. The Bertz CT molecular complexity index is 195. The zero-order chi connectivity index (χ0) is 8.55. The molecule has 0 radical (unpaired) electrons. The second-order valence-corrected chi connectivity index (χ2v) is 3.66. The van der Waals surface area contributed by atoms with Crippen LogP contribution in [0.25, 0.3) is 0 Å². The minimum absolute atomic E-state index is 0.256. The first-order valence-corrected chi connectivity index (χ1v) is 4.56. The van der Waals surface area contributed by atoms with Crippen LogP contribution in [0, 0.1) is 5.92 Å². The molecule has 0 aromatic heterocycles. The number of carbonyl (C=O) groups excluding carboxylic acids is 1. The van der Waals surface area contributed by atoms with E-state index in [0.29, 0.717) is 12.0 Å². The van der Waals surface area contributed by atoms with Crippen LogP contribution in [0.1, 0.15) is 12.8 Å². The highest BCUT2D eigenvalue weighted by atomic mass is 16.2. The number of piperidine rings is 1. The van der Waals surface area contributed by atoms with Crippen LogP contribution >= 0.6 is 0 Å². The molecule has 2 heterocycles. The van der Waals surface area contributed by atoms with Gasteiger partial charge in [-0.3, -0.25) is 0 Å². The first-order chi connectivity index (χ1) is 5.79. The Morgan fingerprint density at radius 3 is 3.08 bits per heavy atom. The number of carbonyl (C=O) groups is 1. The number of rotatable bonds is 0. The fourth-order valence-electron chi connectivity index (χ4n) is 2.34. The normalized spacial score (nSPS) is 34.8. The Hall–Kier alpha value is -0.770. The van der Waals surface area contributed by atoms with Crippen molar-refractivity contribution in [2.45, 2.75) is 18.9 Å². The number of fused-ring (bicyclic) bond motifs is 1. The van der Waals surface area contributed by atoms with Crippen LogP contribution in [-0.2, 0) is 0 Å². The maximum absolute atomic E-state index is 11.0. The maximum atomic E-state index is 11.0. The Kier molecular flexibility index (Phi) is 1.92. The molecule has 0 aliphatic carbocycles. The molecule has 0 aromatic carbocycles. The standard InChI is InChI=1S/C8H15N3O/c9-8(12)11-3-1-2-6-4-10-5-7(6)11/h6-7,10H,1-5H2,(H2,9,12). The molecule has 2 saturated heterocycles. The topological polar surface area (TPSA) is 58.4 Å². The molecule has 2 fully saturated rings. The lowest BCUT2D eigenvalue weighted by Gasteiger charge is -2.35. The van der Waals surface area contributed by atoms with Crippen LogP contribution in [0.3, 0.4) is 0 Å². The SMILES string of the molecule is NC(=O)N1CCCC2CNCC21. The predicted octanol–water partition coefficient (Wildman–Crippen LogP) is -0.251. The quantitative estimate of drug-likeness (QED) is 0.525. The number of primary amides is 1. The number of nitrogens with zero attached hydrogens (tertiary/aromatic N) is 1. The highest BCUT2D eigenvalue weighted by Gasteiger charge is 2.36. The van der Waals surface area contributed by atoms with Crippen LogP contribution < -0.4 is 11.1 Å². The molecule has 2 unspecified atom stereocenters. The van der Waals surface area contributed by atoms with Gasteiger partial charge >= 0.3 is 6.03 Å². The van der Waals surface area contributed by atoms with Crippen molar-refractivity contribution in [2.75, 3.05) is 19.6 Å². The van der Waals surface area contributed by atoms with E-state index in [1.807, 2.05) is 4.90 Å². The van der Waals surface area contributed by atoms with Gasteiger partial charge in [0.15, 0.2) is 0 Å². The molecular formula is C8H15N3O. The van der Waals surface area contributed by atoms with Crippen LogP contribution in [0.4, 0.5) is 4.79 Å². The maximum Gasteiger partial charge on any atom is 0.315 e. The number of likely N-dealkylation sites (tertiary alicyclic amines) is 1. The van der Waals surface area contributed by atoms with Gasteiger partial charge in [-0.25, -0.2) is 4.79 Å². The van der Waals surface area contributed by atoms with E-state index >= 15 is 0 Å². The van der Waals surface area contributed by atoms with Gasteiger partial charge in [0.05, 0.1) is 0 Å². The molecular weight excluding hydrogens is 154 g/mol. The zero-order valence-electron chi connectivity index (χ0n) is 7.12. The van der Waals surface area contributed by atoms with Crippen LogP contribution in [-0.4, -0.2) is 36.6 Å². The van der Waals surface area contributed by atoms with Gasteiger partial charge in [-0.2, -0.15) is 0 Å². The highest BCUT2D eigenvalue weighted by molar-refractivity contribution is 5.72. The molecule has 2 rings (SSSR count). The Morgan fingerprint density at radius 1 is 1.50 bits per heavy atom. The third-order valence-electron chi connectivity index (χ3n) is 2.96. The van der Waals surface area contributed by atoms with Crippen molar-refractivity contribution in [2.24, 2.45) is 11.7 Å². The molecule has 2 atom stereocenters. The Balaban J connectivity index is 2.08. The highest BCUT2D eigenvalue weighted by Crippen LogP contribution is 2.25. The molecule has 2 aliphatic rings. The summed E-state index contributed by atoms with van der Waals surface area (Å²) in [6.07, 6.45) is 2.34. The number of amides is 2.